The van der Waals surface area contributed by atoms with Crippen LogP contribution in [0.4, 0.5) is 10.8 Å². The molecule has 0 aromatic carbocycles. The van der Waals surface area contributed by atoms with Crippen molar-refractivity contribution in [1.29, 1.82) is 0 Å². The van der Waals surface area contributed by atoms with Gasteiger partial charge in [0.05, 0.1) is 0 Å². The summed E-state index contributed by atoms with van der Waals surface area (Å²) in [6.45, 7) is 13.6. The molecule has 0 saturated carbocycles. The van der Waals surface area contributed by atoms with Crippen molar-refractivity contribution in [3.63, 3.8) is 0 Å². The van der Waals surface area contributed by atoms with Crippen LogP contribution in [0.1, 0.15) is 79.1 Å². The lowest BCUT2D eigenvalue weighted by Gasteiger charge is -2.29. The first-order valence-corrected chi connectivity index (χ1v) is 10.5. The molecule has 1 radical (unpaired) electrons. The zero-order valence-electron chi connectivity index (χ0n) is 15.7. The Labute approximate surface area is 148 Å². The summed E-state index contributed by atoms with van der Waals surface area (Å²) in [7, 11) is 0. The van der Waals surface area contributed by atoms with Crippen molar-refractivity contribution in [3.05, 3.63) is 5.51 Å². The minimum atomic E-state index is 1.12. The molecule has 3 nitrogen and oxygen atoms in total. The Bertz CT molecular complexity index is 341. The fraction of sp³-hybridized carbons (Fsp3) is 0.842. The second-order valence-corrected chi connectivity index (χ2v) is 7.10. The zero-order chi connectivity index (χ0) is 16.9. The Balaban J connectivity index is 2.88. The maximum absolute atomic E-state index is 4.64. The van der Waals surface area contributed by atoms with Gasteiger partial charge in [-0.15, -0.1) is 0 Å². The lowest BCUT2D eigenvalue weighted by molar-refractivity contribution is 0.660. The van der Waals surface area contributed by atoms with E-state index < -0.39 is 0 Å². The lowest BCUT2D eigenvalue weighted by Crippen LogP contribution is -2.30. The highest BCUT2D eigenvalue weighted by Gasteiger charge is 2.19. The highest BCUT2D eigenvalue weighted by Crippen LogP contribution is 2.33. The Morgan fingerprint density at radius 3 is 1.61 bits per heavy atom. The van der Waals surface area contributed by atoms with Crippen LogP contribution in [0.25, 0.3) is 0 Å². The van der Waals surface area contributed by atoms with Crippen LogP contribution >= 0.6 is 11.3 Å². The summed E-state index contributed by atoms with van der Waals surface area (Å²) in [5.74, 6) is 1.18. The molecule has 0 atom stereocenters. The Hall–Kier alpha value is -0.770. The number of rotatable bonds is 14. The van der Waals surface area contributed by atoms with Gasteiger partial charge in [0, 0.05) is 26.2 Å². The molecule has 0 aliphatic carbocycles. The van der Waals surface area contributed by atoms with E-state index in [1.807, 2.05) is 0 Å². The maximum atomic E-state index is 4.64. The Morgan fingerprint density at radius 2 is 1.17 bits per heavy atom. The number of nitrogens with zero attached hydrogens (tertiary/aromatic N) is 3. The highest BCUT2D eigenvalue weighted by molar-refractivity contribution is 7.14. The van der Waals surface area contributed by atoms with Crippen molar-refractivity contribution in [3.8, 4) is 0 Å². The molecule has 0 N–H and O–H groups in total. The van der Waals surface area contributed by atoms with Gasteiger partial charge in [-0.25, -0.2) is 4.98 Å². The second-order valence-electron chi connectivity index (χ2n) is 6.32. The van der Waals surface area contributed by atoms with Gasteiger partial charge < -0.3 is 9.80 Å². The van der Waals surface area contributed by atoms with Crippen molar-refractivity contribution in [2.75, 3.05) is 36.0 Å². The third-order valence-corrected chi connectivity index (χ3v) is 5.01. The maximum Gasteiger partial charge on any atom is 0.164 e. The third-order valence-electron chi connectivity index (χ3n) is 4.20. The zero-order valence-corrected chi connectivity index (χ0v) is 16.6. The smallest absolute Gasteiger partial charge is 0.164 e. The summed E-state index contributed by atoms with van der Waals surface area (Å²) in [6, 6.07) is 0. The van der Waals surface area contributed by atoms with Crippen LogP contribution in [0.2, 0.25) is 0 Å². The molecule has 1 aromatic rings. The number of hydrogen-bond acceptors (Lipinski definition) is 4. The highest BCUT2D eigenvalue weighted by atomic mass is 32.1. The molecule has 23 heavy (non-hydrogen) atoms. The van der Waals surface area contributed by atoms with E-state index in [4.69, 9.17) is 0 Å². The van der Waals surface area contributed by atoms with Gasteiger partial charge in [0.2, 0.25) is 0 Å². The topological polar surface area (TPSA) is 19.4 Å². The van der Waals surface area contributed by atoms with E-state index in [0.29, 0.717) is 0 Å². The van der Waals surface area contributed by atoms with E-state index in [1.54, 1.807) is 11.3 Å². The van der Waals surface area contributed by atoms with Gasteiger partial charge in [0.15, 0.2) is 11.3 Å². The fourth-order valence-electron chi connectivity index (χ4n) is 2.65. The van der Waals surface area contributed by atoms with E-state index in [2.05, 4.69) is 48.0 Å². The summed E-state index contributed by atoms with van der Waals surface area (Å²) >= 11 is 1.70. The molecule has 0 aliphatic heterocycles. The first-order valence-electron chi connectivity index (χ1n) is 9.65. The van der Waals surface area contributed by atoms with Gasteiger partial charge in [-0.3, -0.25) is 0 Å². The van der Waals surface area contributed by atoms with E-state index in [0.717, 1.165) is 26.2 Å². The van der Waals surface area contributed by atoms with Crippen molar-refractivity contribution in [1.82, 2.24) is 4.98 Å². The standard InChI is InChI=1S/C19H36N3S/c1-5-9-13-21(14-10-6-2)18-19(23-17-20-18)22(15-11-7-3)16-12-8-4/h5-16H2,1-4H3. The van der Waals surface area contributed by atoms with Gasteiger partial charge in [-0.05, 0) is 25.7 Å². The SMILES string of the molecule is CCCCN(CCCC)c1n[c]sc1N(CCCC)CCCC. The first kappa shape index (κ1) is 20.3. The van der Waals surface area contributed by atoms with Crippen LogP contribution in [-0.2, 0) is 0 Å². The molecule has 4 heteroatoms. The fourth-order valence-corrected chi connectivity index (χ4v) is 3.45. The van der Waals surface area contributed by atoms with Crippen molar-refractivity contribution in [2.45, 2.75) is 79.1 Å². The van der Waals surface area contributed by atoms with Gasteiger partial charge in [-0.1, -0.05) is 64.7 Å². The number of anilines is 2. The average Bonchev–Trinajstić information content (AvgIpc) is 3.04. The number of thiazole rings is 1. The summed E-state index contributed by atoms with van der Waals surface area (Å²) in [4.78, 5) is 9.69. The molecule has 0 unspecified atom stereocenters. The average molecular weight is 339 g/mol. The predicted octanol–water partition coefficient (Wildman–Crippen LogP) is 5.76. The lowest BCUT2D eigenvalue weighted by atomic mass is 10.2. The molecule has 1 heterocycles. The second kappa shape index (κ2) is 12.6. The van der Waals surface area contributed by atoms with Crippen molar-refractivity contribution in [2.24, 2.45) is 0 Å². The van der Waals surface area contributed by atoms with Crippen LogP contribution in [0, 0.1) is 5.51 Å². The summed E-state index contributed by atoms with van der Waals surface area (Å²) in [5.41, 5.74) is 3.17. The molecule has 0 saturated heterocycles. The Morgan fingerprint density at radius 1 is 0.739 bits per heavy atom. The molecule has 133 valence electrons. The molecule has 0 fully saturated rings. The summed E-state index contributed by atoms with van der Waals surface area (Å²) in [6.07, 6.45) is 9.96. The predicted molar refractivity (Wildman–Crippen MR) is 105 cm³/mol. The van der Waals surface area contributed by atoms with Crippen molar-refractivity contribution >= 4 is 22.2 Å². The Kier molecular flexibility index (Phi) is 11.1. The van der Waals surface area contributed by atoms with E-state index in [-0.39, 0.29) is 0 Å². The molecule has 0 spiro atoms. The van der Waals surface area contributed by atoms with Crippen LogP contribution in [0.15, 0.2) is 0 Å². The normalized spacial score (nSPS) is 11.0. The summed E-state index contributed by atoms with van der Waals surface area (Å²) < 4.78 is 0. The van der Waals surface area contributed by atoms with E-state index >= 15 is 0 Å². The number of aromatic nitrogens is 1. The molecular formula is C19H36N3S. The largest absolute Gasteiger partial charge is 0.360 e. The van der Waals surface area contributed by atoms with Crippen molar-refractivity contribution < 1.29 is 0 Å². The number of unbranched alkanes of at least 4 members (excludes halogenated alkanes) is 4. The van der Waals surface area contributed by atoms with Gasteiger partial charge >= 0.3 is 0 Å². The quantitative estimate of drug-likeness (QED) is 0.430. The van der Waals surface area contributed by atoms with Crippen LogP contribution in [0.5, 0.6) is 0 Å². The number of hydrogen-bond donors (Lipinski definition) is 0. The van der Waals surface area contributed by atoms with Gasteiger partial charge in [-0.2, -0.15) is 0 Å². The minimum absolute atomic E-state index is 1.12. The van der Waals surface area contributed by atoms with Crippen LogP contribution in [0.3, 0.4) is 0 Å². The first-order chi connectivity index (χ1) is 11.3. The monoisotopic (exact) mass is 338 g/mol. The molecule has 0 aliphatic rings. The molecule has 0 bridgehead atoms. The van der Waals surface area contributed by atoms with Gasteiger partial charge in [0.25, 0.3) is 0 Å². The summed E-state index contributed by atoms with van der Waals surface area (Å²) in [5, 5.41) is 1.35. The molecule has 1 rings (SSSR count). The van der Waals surface area contributed by atoms with Crippen LogP contribution in [-0.4, -0.2) is 31.2 Å². The molecule has 0 amide bonds. The molecule has 1 aromatic heterocycles. The minimum Gasteiger partial charge on any atom is -0.360 e. The molecular weight excluding hydrogens is 302 g/mol. The third kappa shape index (κ3) is 7.11. The van der Waals surface area contributed by atoms with E-state index in [1.165, 1.54) is 62.2 Å². The van der Waals surface area contributed by atoms with Crippen LogP contribution < -0.4 is 9.80 Å². The van der Waals surface area contributed by atoms with Gasteiger partial charge in [0.1, 0.15) is 5.00 Å². The van der Waals surface area contributed by atoms with E-state index in [9.17, 15) is 0 Å².